The van der Waals surface area contributed by atoms with Gasteiger partial charge in [-0.05, 0) is 42.8 Å². The van der Waals surface area contributed by atoms with E-state index < -0.39 is 0 Å². The Labute approximate surface area is 221 Å². The van der Waals surface area contributed by atoms with E-state index in [-0.39, 0.29) is 17.4 Å². The summed E-state index contributed by atoms with van der Waals surface area (Å²) in [6, 6.07) is 12.0. The minimum Gasteiger partial charge on any atom is -0.496 e. The summed E-state index contributed by atoms with van der Waals surface area (Å²) in [5.74, 6) is 1.85. The topological polar surface area (TPSA) is 119 Å². The minimum absolute atomic E-state index is 0.128. The summed E-state index contributed by atoms with van der Waals surface area (Å²) < 4.78 is 13.2. The minimum atomic E-state index is -0.374. The summed E-state index contributed by atoms with van der Waals surface area (Å²) in [5, 5.41) is 13.5. The smallest absolute Gasteiger partial charge is 0.324 e. The van der Waals surface area contributed by atoms with Crippen molar-refractivity contribution in [2.24, 2.45) is 7.05 Å². The second-order valence-electron chi connectivity index (χ2n) is 9.90. The number of urea groups is 1. The quantitative estimate of drug-likeness (QED) is 0.317. The van der Waals surface area contributed by atoms with Gasteiger partial charge in [-0.15, -0.1) is 0 Å². The number of benzene rings is 2. The van der Waals surface area contributed by atoms with Crippen LogP contribution >= 0.6 is 0 Å². The van der Waals surface area contributed by atoms with Crippen molar-refractivity contribution < 1.29 is 19.1 Å². The zero-order valence-corrected chi connectivity index (χ0v) is 22.6. The molecule has 2 heterocycles. The van der Waals surface area contributed by atoms with Crippen LogP contribution < -0.4 is 25.4 Å². The fourth-order valence-electron chi connectivity index (χ4n) is 3.91. The van der Waals surface area contributed by atoms with Crippen LogP contribution in [0.25, 0.3) is 10.9 Å². The molecule has 10 heteroatoms. The molecule has 0 aliphatic carbocycles. The number of methoxy groups -OCH3 is 1. The standard InChI is InChI=1S/C28H32N6O4/c1-16-12-17(8-9-20(16)31-27(36)32-25-15-24(28(2,3)4)33-34(25)6)38-22-10-11-30-21-14-23(37-7)19(13-18(21)22)26(35)29-5/h8-15H,1-7H3,(H,29,35)(H2,31,32,36). The fourth-order valence-corrected chi connectivity index (χ4v) is 3.91. The molecule has 0 bridgehead atoms. The van der Waals surface area contributed by atoms with E-state index in [1.807, 2.05) is 19.1 Å². The summed E-state index contributed by atoms with van der Waals surface area (Å²) in [6.07, 6.45) is 1.63. The first-order chi connectivity index (χ1) is 18.0. The third-order valence-electron chi connectivity index (χ3n) is 6.06. The third kappa shape index (κ3) is 5.54. The molecule has 2 aromatic heterocycles. The van der Waals surface area contributed by atoms with Crippen LogP contribution in [0, 0.1) is 6.92 Å². The number of nitrogens with zero attached hydrogens (tertiary/aromatic N) is 3. The number of hydrogen-bond acceptors (Lipinski definition) is 6. The molecule has 0 aliphatic heterocycles. The number of carbonyl (C=O) groups excluding carboxylic acids is 2. The van der Waals surface area contributed by atoms with Crippen molar-refractivity contribution in [2.45, 2.75) is 33.1 Å². The molecular formula is C28H32N6O4. The second-order valence-corrected chi connectivity index (χ2v) is 9.90. The highest BCUT2D eigenvalue weighted by atomic mass is 16.5. The molecule has 2 aromatic carbocycles. The second kappa shape index (κ2) is 10.4. The van der Waals surface area contributed by atoms with Crippen LogP contribution in [0.4, 0.5) is 16.3 Å². The summed E-state index contributed by atoms with van der Waals surface area (Å²) in [5.41, 5.74) is 3.21. The molecule has 10 nitrogen and oxygen atoms in total. The average molecular weight is 517 g/mol. The number of rotatable bonds is 6. The van der Waals surface area contributed by atoms with Crippen molar-refractivity contribution >= 4 is 34.3 Å². The van der Waals surface area contributed by atoms with Crippen LogP contribution in [0.2, 0.25) is 0 Å². The molecule has 0 fully saturated rings. The Balaban J connectivity index is 1.53. The Morgan fingerprint density at radius 1 is 1.00 bits per heavy atom. The lowest BCUT2D eigenvalue weighted by Crippen LogP contribution is -2.21. The number of nitrogens with one attached hydrogen (secondary N) is 3. The number of hydrogen-bond donors (Lipinski definition) is 3. The fraction of sp³-hybridized carbons (Fsp3) is 0.286. The highest BCUT2D eigenvalue weighted by Crippen LogP contribution is 2.34. The zero-order chi connectivity index (χ0) is 27.6. The van der Waals surface area contributed by atoms with Gasteiger partial charge >= 0.3 is 6.03 Å². The van der Waals surface area contributed by atoms with E-state index in [1.165, 1.54) is 7.11 Å². The van der Waals surface area contributed by atoms with Crippen molar-refractivity contribution in [2.75, 3.05) is 24.8 Å². The Bertz CT molecular complexity index is 1520. The van der Waals surface area contributed by atoms with Crippen LogP contribution in [0.1, 0.15) is 42.4 Å². The van der Waals surface area contributed by atoms with E-state index in [0.717, 1.165) is 11.3 Å². The van der Waals surface area contributed by atoms with E-state index in [1.54, 1.807) is 55.3 Å². The maximum atomic E-state index is 12.7. The summed E-state index contributed by atoms with van der Waals surface area (Å²) in [4.78, 5) is 29.4. The highest BCUT2D eigenvalue weighted by Gasteiger charge is 2.20. The van der Waals surface area contributed by atoms with Gasteiger partial charge in [0.05, 0.1) is 23.9 Å². The van der Waals surface area contributed by atoms with Crippen molar-refractivity contribution in [1.82, 2.24) is 20.1 Å². The van der Waals surface area contributed by atoms with E-state index >= 15 is 0 Å². The molecule has 0 unspecified atom stereocenters. The molecule has 0 saturated carbocycles. The Morgan fingerprint density at radius 2 is 1.76 bits per heavy atom. The largest absolute Gasteiger partial charge is 0.496 e. The lowest BCUT2D eigenvalue weighted by atomic mass is 9.92. The highest BCUT2D eigenvalue weighted by molar-refractivity contribution is 6.02. The predicted molar refractivity (Wildman–Crippen MR) is 147 cm³/mol. The first-order valence-electron chi connectivity index (χ1n) is 12.1. The molecule has 0 aliphatic rings. The molecule has 0 radical (unpaired) electrons. The summed E-state index contributed by atoms with van der Waals surface area (Å²) >= 11 is 0. The number of anilines is 2. The Morgan fingerprint density at radius 3 is 2.39 bits per heavy atom. The molecule has 4 aromatic rings. The monoisotopic (exact) mass is 516 g/mol. The van der Waals surface area contributed by atoms with Gasteiger partial charge in [-0.3, -0.25) is 19.8 Å². The van der Waals surface area contributed by atoms with Gasteiger partial charge in [0.25, 0.3) is 5.91 Å². The van der Waals surface area contributed by atoms with Crippen molar-refractivity contribution in [3.05, 3.63) is 65.5 Å². The van der Waals surface area contributed by atoms with E-state index in [0.29, 0.717) is 45.2 Å². The average Bonchev–Trinajstić information content (AvgIpc) is 3.25. The van der Waals surface area contributed by atoms with E-state index in [4.69, 9.17) is 9.47 Å². The molecule has 198 valence electrons. The van der Waals surface area contributed by atoms with Gasteiger partial charge in [0, 0.05) is 48.9 Å². The normalized spacial score (nSPS) is 11.2. The third-order valence-corrected chi connectivity index (χ3v) is 6.06. The van der Waals surface area contributed by atoms with Gasteiger partial charge in [-0.2, -0.15) is 5.10 Å². The maximum absolute atomic E-state index is 12.7. The van der Waals surface area contributed by atoms with Crippen molar-refractivity contribution in [3.63, 3.8) is 0 Å². The van der Waals surface area contributed by atoms with Crippen LogP contribution in [0.3, 0.4) is 0 Å². The molecule has 3 N–H and O–H groups in total. The van der Waals surface area contributed by atoms with Gasteiger partial charge in [0.1, 0.15) is 23.1 Å². The van der Waals surface area contributed by atoms with Crippen LogP contribution in [0.15, 0.2) is 48.7 Å². The number of aromatic nitrogens is 3. The molecule has 4 rings (SSSR count). The molecule has 0 spiro atoms. The molecular weight excluding hydrogens is 484 g/mol. The van der Waals surface area contributed by atoms with Crippen LogP contribution in [-0.2, 0) is 12.5 Å². The van der Waals surface area contributed by atoms with E-state index in [2.05, 4.69) is 46.8 Å². The predicted octanol–water partition coefficient (Wildman–Crippen LogP) is 5.38. The first kappa shape index (κ1) is 26.5. The van der Waals surface area contributed by atoms with Gasteiger partial charge in [-0.1, -0.05) is 20.8 Å². The Hall–Kier alpha value is -4.60. The SMILES string of the molecule is CNC(=O)c1cc2c(Oc3ccc(NC(=O)Nc4cc(C(C)(C)C)nn4C)c(C)c3)ccnc2cc1OC. The van der Waals surface area contributed by atoms with Gasteiger partial charge < -0.3 is 20.1 Å². The Kier molecular flexibility index (Phi) is 7.25. The number of pyridine rings is 1. The van der Waals surface area contributed by atoms with Gasteiger partial charge in [0.15, 0.2) is 0 Å². The van der Waals surface area contributed by atoms with Crippen molar-refractivity contribution in [3.8, 4) is 17.2 Å². The summed E-state index contributed by atoms with van der Waals surface area (Å²) in [7, 11) is 4.86. The van der Waals surface area contributed by atoms with Gasteiger partial charge in [0.2, 0.25) is 0 Å². The first-order valence-corrected chi connectivity index (χ1v) is 12.1. The van der Waals surface area contributed by atoms with Crippen molar-refractivity contribution in [1.29, 1.82) is 0 Å². The summed E-state index contributed by atoms with van der Waals surface area (Å²) in [6.45, 7) is 8.08. The van der Waals surface area contributed by atoms with Crippen LogP contribution in [0.5, 0.6) is 17.2 Å². The number of aryl methyl sites for hydroxylation is 2. The number of carbonyl (C=O) groups is 2. The maximum Gasteiger partial charge on any atom is 0.324 e. The molecule has 38 heavy (non-hydrogen) atoms. The molecule has 0 saturated heterocycles. The lowest BCUT2D eigenvalue weighted by molar-refractivity contribution is 0.0960. The molecule has 0 atom stereocenters. The van der Waals surface area contributed by atoms with E-state index in [9.17, 15) is 9.59 Å². The number of amides is 3. The molecule has 3 amide bonds. The number of fused-ring (bicyclic) bond motifs is 1. The zero-order valence-electron chi connectivity index (χ0n) is 22.6. The van der Waals surface area contributed by atoms with Gasteiger partial charge in [-0.25, -0.2) is 4.79 Å². The van der Waals surface area contributed by atoms with Crippen LogP contribution in [-0.4, -0.2) is 40.9 Å². The number of ether oxygens (including phenoxy) is 2. The lowest BCUT2D eigenvalue weighted by Gasteiger charge is -2.14.